The molecule has 0 aromatic heterocycles. The van der Waals surface area contributed by atoms with Crippen LogP contribution in [0.4, 0.5) is 0 Å². The van der Waals surface area contributed by atoms with Crippen LogP contribution in [-0.4, -0.2) is 61.0 Å². The molecule has 2 rings (SSSR count). The number of carbonyl (C=O) groups is 2. The Labute approximate surface area is 129 Å². The van der Waals surface area contributed by atoms with Crippen LogP contribution >= 0.6 is 0 Å². The van der Waals surface area contributed by atoms with E-state index in [1.807, 2.05) is 0 Å². The van der Waals surface area contributed by atoms with Crippen LogP contribution in [0.25, 0.3) is 0 Å². The molecule has 0 radical (unpaired) electrons. The second kappa shape index (κ2) is 6.05. The summed E-state index contributed by atoms with van der Waals surface area (Å²) in [5.74, 6) is -1.27. The highest BCUT2D eigenvalue weighted by atomic mass is 32.2. The largest absolute Gasteiger partial charge is 0.478 e. The van der Waals surface area contributed by atoms with Gasteiger partial charge in [-0.3, -0.25) is 4.79 Å². The third-order valence-corrected chi connectivity index (χ3v) is 5.03. The average molecular weight is 326 g/mol. The van der Waals surface area contributed by atoms with E-state index in [2.05, 4.69) is 0 Å². The lowest BCUT2D eigenvalue weighted by Gasteiger charge is -2.30. The number of rotatable bonds is 4. The molecule has 1 heterocycles. The molecule has 7 nitrogen and oxygen atoms in total. The lowest BCUT2D eigenvalue weighted by atomic mass is 9.94. The Kier molecular flexibility index (Phi) is 4.52. The number of sulfonamides is 1. The third-order valence-electron chi connectivity index (χ3n) is 3.77. The van der Waals surface area contributed by atoms with Gasteiger partial charge in [-0.2, -0.15) is 4.31 Å². The molecule has 1 aromatic carbocycles. The molecule has 0 spiro atoms. The number of carbonyl (C=O) groups excluding carboxylic acids is 1. The van der Waals surface area contributed by atoms with Gasteiger partial charge in [0.25, 0.3) is 0 Å². The van der Waals surface area contributed by atoms with Crippen molar-refractivity contribution in [1.82, 2.24) is 9.21 Å². The number of likely N-dealkylation sites (N-methyl/N-ethyl adjacent to an activating group) is 1. The van der Waals surface area contributed by atoms with E-state index >= 15 is 0 Å². The number of carboxylic acid groups (broad SMARTS) is 1. The summed E-state index contributed by atoms with van der Waals surface area (Å²) in [6, 6.07) is 5.00. The second-order valence-electron chi connectivity index (χ2n) is 5.33. The van der Waals surface area contributed by atoms with Gasteiger partial charge in [-0.15, -0.1) is 0 Å². The van der Waals surface area contributed by atoms with Crippen molar-refractivity contribution in [3.05, 3.63) is 34.9 Å². The monoisotopic (exact) mass is 326 g/mol. The molecule has 1 amide bonds. The number of amides is 1. The van der Waals surface area contributed by atoms with Crippen molar-refractivity contribution in [2.24, 2.45) is 0 Å². The zero-order valence-electron chi connectivity index (χ0n) is 12.4. The molecule has 8 heteroatoms. The highest BCUT2D eigenvalue weighted by Gasteiger charge is 2.26. The molecule has 1 N–H and O–H groups in total. The van der Waals surface area contributed by atoms with E-state index in [-0.39, 0.29) is 18.0 Å². The predicted octanol–water partition coefficient (Wildman–Crippen LogP) is 0.161. The fourth-order valence-corrected chi connectivity index (χ4v) is 2.78. The normalized spacial score (nSPS) is 14.8. The number of nitrogens with zero attached hydrogens (tertiary/aromatic N) is 2. The molecule has 1 aliphatic rings. The van der Waals surface area contributed by atoms with Crippen LogP contribution in [0.2, 0.25) is 0 Å². The van der Waals surface area contributed by atoms with Gasteiger partial charge in [0.05, 0.1) is 18.4 Å². The van der Waals surface area contributed by atoms with Crippen LogP contribution in [0.1, 0.15) is 21.5 Å². The lowest BCUT2D eigenvalue weighted by Crippen LogP contribution is -2.43. The fourth-order valence-electron chi connectivity index (χ4n) is 2.43. The molecule has 0 bridgehead atoms. The smallest absolute Gasteiger partial charge is 0.335 e. The summed E-state index contributed by atoms with van der Waals surface area (Å²) in [4.78, 5) is 24.9. The van der Waals surface area contributed by atoms with Crippen LogP contribution in [0.3, 0.4) is 0 Å². The topological polar surface area (TPSA) is 95.0 Å². The minimum atomic E-state index is -3.41. The van der Waals surface area contributed by atoms with Gasteiger partial charge in [-0.05, 0) is 23.6 Å². The van der Waals surface area contributed by atoms with E-state index in [0.717, 1.165) is 21.7 Å². The third kappa shape index (κ3) is 3.45. The van der Waals surface area contributed by atoms with Gasteiger partial charge in [0.2, 0.25) is 15.9 Å². The number of fused-ring (bicyclic) bond motifs is 1. The summed E-state index contributed by atoms with van der Waals surface area (Å²) in [6.45, 7) is 0.466. The Bertz CT molecular complexity index is 714. The van der Waals surface area contributed by atoms with Crippen LogP contribution in [-0.2, 0) is 27.8 Å². The standard InChI is InChI=1S/C14H18N2O5S/c1-15(22(2,20)21)9-13(17)16-7-6-11-10(8-16)4-3-5-12(11)14(18)19/h3-5H,6-9H2,1-2H3,(H,18,19). The van der Waals surface area contributed by atoms with Gasteiger partial charge in [-0.25, -0.2) is 13.2 Å². The summed E-state index contributed by atoms with van der Waals surface area (Å²) in [7, 11) is -2.05. The van der Waals surface area contributed by atoms with Crippen molar-refractivity contribution >= 4 is 21.9 Å². The van der Waals surface area contributed by atoms with E-state index in [1.54, 1.807) is 23.1 Å². The molecule has 0 saturated carbocycles. The number of hydrogen-bond donors (Lipinski definition) is 1. The maximum absolute atomic E-state index is 12.2. The molecule has 0 atom stereocenters. The van der Waals surface area contributed by atoms with Crippen molar-refractivity contribution in [3.63, 3.8) is 0 Å². The quantitative estimate of drug-likeness (QED) is 0.850. The van der Waals surface area contributed by atoms with Crippen LogP contribution in [0.15, 0.2) is 18.2 Å². The summed E-state index contributed by atoms with van der Waals surface area (Å²) < 4.78 is 23.7. The Morgan fingerprint density at radius 2 is 2.05 bits per heavy atom. The molecule has 0 fully saturated rings. The summed E-state index contributed by atoms with van der Waals surface area (Å²) in [6.07, 6.45) is 1.50. The van der Waals surface area contributed by atoms with Crippen molar-refractivity contribution in [3.8, 4) is 0 Å². The Morgan fingerprint density at radius 3 is 2.64 bits per heavy atom. The molecule has 1 aromatic rings. The zero-order chi connectivity index (χ0) is 16.5. The minimum Gasteiger partial charge on any atom is -0.478 e. The van der Waals surface area contributed by atoms with Crippen molar-refractivity contribution in [2.45, 2.75) is 13.0 Å². The van der Waals surface area contributed by atoms with Gasteiger partial charge >= 0.3 is 5.97 Å². The minimum absolute atomic E-state index is 0.215. The molecule has 0 aliphatic carbocycles. The first-order valence-electron chi connectivity index (χ1n) is 6.73. The average Bonchev–Trinajstić information content (AvgIpc) is 2.44. The molecule has 22 heavy (non-hydrogen) atoms. The van der Waals surface area contributed by atoms with Crippen molar-refractivity contribution in [2.75, 3.05) is 26.4 Å². The van der Waals surface area contributed by atoms with Gasteiger partial charge in [0.15, 0.2) is 0 Å². The van der Waals surface area contributed by atoms with Crippen molar-refractivity contribution < 1.29 is 23.1 Å². The van der Waals surface area contributed by atoms with E-state index in [9.17, 15) is 23.1 Å². The molecule has 120 valence electrons. The zero-order valence-corrected chi connectivity index (χ0v) is 13.3. The number of benzene rings is 1. The second-order valence-corrected chi connectivity index (χ2v) is 7.42. The fraction of sp³-hybridized carbons (Fsp3) is 0.429. The lowest BCUT2D eigenvalue weighted by molar-refractivity contribution is -0.132. The molecule has 0 unspecified atom stereocenters. The summed E-state index contributed by atoms with van der Waals surface area (Å²) in [5.41, 5.74) is 1.80. The Morgan fingerprint density at radius 1 is 1.36 bits per heavy atom. The summed E-state index contributed by atoms with van der Waals surface area (Å²) >= 11 is 0. The summed E-state index contributed by atoms with van der Waals surface area (Å²) in [5, 5.41) is 9.17. The van der Waals surface area contributed by atoms with E-state index in [1.165, 1.54) is 7.05 Å². The molecule has 1 aliphatic heterocycles. The van der Waals surface area contributed by atoms with E-state index < -0.39 is 16.0 Å². The first-order valence-corrected chi connectivity index (χ1v) is 8.58. The number of carboxylic acids is 1. The number of aromatic carboxylic acids is 1. The van der Waals surface area contributed by atoms with Crippen LogP contribution in [0.5, 0.6) is 0 Å². The van der Waals surface area contributed by atoms with E-state index in [4.69, 9.17) is 0 Å². The highest BCUT2D eigenvalue weighted by molar-refractivity contribution is 7.88. The van der Waals surface area contributed by atoms with Crippen LogP contribution < -0.4 is 0 Å². The van der Waals surface area contributed by atoms with Gasteiger partial charge in [0, 0.05) is 20.1 Å². The molecular formula is C14H18N2O5S. The van der Waals surface area contributed by atoms with E-state index in [0.29, 0.717) is 19.5 Å². The van der Waals surface area contributed by atoms with Gasteiger partial charge in [-0.1, -0.05) is 12.1 Å². The first kappa shape index (κ1) is 16.4. The predicted molar refractivity (Wildman–Crippen MR) is 80.0 cm³/mol. The first-order chi connectivity index (χ1) is 10.2. The van der Waals surface area contributed by atoms with Crippen LogP contribution in [0, 0.1) is 0 Å². The Balaban J connectivity index is 2.14. The molecule has 0 saturated heterocycles. The maximum atomic E-state index is 12.2. The maximum Gasteiger partial charge on any atom is 0.335 e. The van der Waals surface area contributed by atoms with Gasteiger partial charge in [0.1, 0.15) is 0 Å². The van der Waals surface area contributed by atoms with Crippen molar-refractivity contribution in [1.29, 1.82) is 0 Å². The highest BCUT2D eigenvalue weighted by Crippen LogP contribution is 2.23. The Hall–Kier alpha value is -1.93. The number of hydrogen-bond acceptors (Lipinski definition) is 4. The van der Waals surface area contributed by atoms with Gasteiger partial charge < -0.3 is 10.0 Å². The SMILES string of the molecule is CN(CC(=O)N1CCc2c(cccc2C(=O)O)C1)S(C)(=O)=O. The molecular weight excluding hydrogens is 308 g/mol.